The third-order valence-electron chi connectivity index (χ3n) is 16.5. The van der Waals surface area contributed by atoms with Crippen molar-refractivity contribution in [2.45, 2.75) is 266 Å². The molecule has 4 N–H and O–H groups in total. The highest BCUT2D eigenvalue weighted by Crippen LogP contribution is 2.64. The van der Waals surface area contributed by atoms with E-state index in [0.717, 1.165) is 12.8 Å². The molecule has 0 radical (unpaired) electrons. The minimum Gasteiger partial charge on any atom is -0.351 e. The van der Waals surface area contributed by atoms with Gasteiger partial charge in [0.05, 0.1) is 31.8 Å². The number of hydrogen-bond donors (Lipinski definition) is 4. The molecule has 1 spiro atoms. The van der Waals surface area contributed by atoms with Crippen LogP contribution in [0.5, 0.6) is 0 Å². The number of hydrogen-bond acceptors (Lipinski definition) is 8. The summed E-state index contributed by atoms with van der Waals surface area (Å²) in [7, 11) is 0. The number of rotatable bonds is 10. The molecule has 6 aliphatic heterocycles. The molecule has 0 atom stereocenters. The Morgan fingerprint density at radius 2 is 0.656 bits per heavy atom. The van der Waals surface area contributed by atoms with Crippen LogP contribution in [0.3, 0.4) is 0 Å². The number of piperidine rings is 4. The topological polar surface area (TPSA) is 85.0 Å². The van der Waals surface area contributed by atoms with Crippen molar-refractivity contribution in [1.29, 1.82) is 0 Å². The molecule has 6 saturated heterocycles. The summed E-state index contributed by atoms with van der Waals surface area (Å²) in [6, 6.07) is 0. The summed E-state index contributed by atoms with van der Waals surface area (Å²) in [5.74, 6) is 2.34. The van der Waals surface area contributed by atoms with Crippen LogP contribution in [-0.2, 0) is 18.9 Å². The summed E-state index contributed by atoms with van der Waals surface area (Å²) in [6.07, 6.45) is 12.4. The Morgan fingerprint density at radius 3 is 0.951 bits per heavy atom. The monoisotopic (exact) mass is 857 g/mol. The number of ether oxygens (including phenoxy) is 4. The van der Waals surface area contributed by atoms with Crippen molar-refractivity contribution >= 4 is 0 Å². The van der Waals surface area contributed by atoms with Gasteiger partial charge in [-0.2, -0.15) is 0 Å². The summed E-state index contributed by atoms with van der Waals surface area (Å²) in [5, 5.41) is 16.2. The second kappa shape index (κ2) is 16.2. The van der Waals surface area contributed by atoms with E-state index in [0.29, 0.717) is 50.1 Å². The van der Waals surface area contributed by atoms with Crippen molar-refractivity contribution in [3.05, 3.63) is 0 Å². The molecule has 6 fully saturated rings. The van der Waals surface area contributed by atoms with Crippen LogP contribution < -0.4 is 21.3 Å². The molecule has 8 heteroatoms. The van der Waals surface area contributed by atoms with Crippen LogP contribution in [0, 0.1) is 45.3 Å². The molecule has 356 valence electrons. The first-order chi connectivity index (χ1) is 27.4. The zero-order valence-corrected chi connectivity index (χ0v) is 43.7. The summed E-state index contributed by atoms with van der Waals surface area (Å²) in [4.78, 5) is 0. The highest BCUT2D eigenvalue weighted by Gasteiger charge is 2.62. The largest absolute Gasteiger partial charge is 0.351 e. The molecule has 61 heavy (non-hydrogen) atoms. The highest BCUT2D eigenvalue weighted by molar-refractivity contribution is 5.15. The van der Waals surface area contributed by atoms with Gasteiger partial charge in [0.1, 0.15) is 0 Å². The average Bonchev–Trinajstić information content (AvgIpc) is 3.01. The van der Waals surface area contributed by atoms with Crippen LogP contribution in [0.1, 0.15) is 209 Å². The zero-order valence-electron chi connectivity index (χ0n) is 43.7. The van der Waals surface area contributed by atoms with Gasteiger partial charge in [0.2, 0.25) is 0 Å². The van der Waals surface area contributed by atoms with Gasteiger partial charge in [-0.05, 0) is 210 Å². The van der Waals surface area contributed by atoms with Crippen molar-refractivity contribution in [3.63, 3.8) is 0 Å². The van der Waals surface area contributed by atoms with E-state index in [1.165, 1.54) is 57.8 Å². The molecule has 0 aliphatic carbocycles. The summed E-state index contributed by atoms with van der Waals surface area (Å²) < 4.78 is 27.5. The fourth-order valence-electron chi connectivity index (χ4n) is 16.1. The molecule has 0 saturated carbocycles. The number of nitrogens with one attached hydrogen (secondary N) is 4. The zero-order chi connectivity index (χ0) is 45.7. The molecule has 6 heterocycles. The predicted octanol–water partition coefficient (Wildman–Crippen LogP) is 11.2. The quantitative estimate of drug-likeness (QED) is 0.173. The second-order valence-corrected chi connectivity index (χ2v) is 29.4. The Bertz CT molecular complexity index is 1360. The Balaban J connectivity index is 1.24. The molecule has 0 unspecified atom stereocenters. The van der Waals surface area contributed by atoms with Crippen molar-refractivity contribution in [2.24, 2.45) is 45.3 Å². The lowest BCUT2D eigenvalue weighted by atomic mass is 9.44. The molecule has 0 aromatic heterocycles. The van der Waals surface area contributed by atoms with E-state index in [4.69, 9.17) is 18.9 Å². The minimum atomic E-state index is -0.293. The standard InChI is InChI=1S/C53H100N4O4/c1-42(2,22-21-36-23-44(5,6)54-45(7,8)24-36)40-58-32-52(33-59-40)34-60-41(61-35-52)43(3,4)31-53(37-25-46(9,10)55-47(11,12)26-37,38-27-48(13,14)56-49(15,16)28-38)39-29-50(17,18)57-51(19,20)30-39/h36-41,54-57H,21-35H2,1-20H3. The predicted molar refractivity (Wildman–Crippen MR) is 254 cm³/mol. The SMILES string of the molecule is CC1(C)CC(CCC(C)(C)C2OCC3(CO2)COC(C(C)(C)CC(C2CC(C)(C)NC(C)(C)C2)(C2CC(C)(C)NC(C)(C)C2)C2CC(C)(C)NC(C)(C)C2)OC3)CC(C)(C)N1. The van der Waals surface area contributed by atoms with Crippen LogP contribution in [0.4, 0.5) is 0 Å². The fraction of sp³-hybridized carbons (Fsp3) is 1.00. The van der Waals surface area contributed by atoms with Gasteiger partial charge in [0, 0.05) is 55.1 Å². The van der Waals surface area contributed by atoms with Crippen LogP contribution in [0.25, 0.3) is 0 Å². The Kier molecular flexibility index (Phi) is 13.3. The van der Waals surface area contributed by atoms with E-state index in [1.807, 2.05) is 0 Å². The van der Waals surface area contributed by atoms with Gasteiger partial charge in [-0.25, -0.2) is 0 Å². The van der Waals surface area contributed by atoms with Gasteiger partial charge in [0.15, 0.2) is 12.6 Å². The first kappa shape index (κ1) is 50.1. The third-order valence-corrected chi connectivity index (χ3v) is 16.5. The Morgan fingerprint density at radius 1 is 0.393 bits per heavy atom. The summed E-state index contributed by atoms with van der Waals surface area (Å²) in [5.41, 5.74) is 0.0428. The van der Waals surface area contributed by atoms with Gasteiger partial charge in [-0.1, -0.05) is 27.7 Å². The maximum absolute atomic E-state index is 7.05. The lowest BCUT2D eigenvalue weighted by Gasteiger charge is -2.66. The van der Waals surface area contributed by atoms with Crippen molar-refractivity contribution in [3.8, 4) is 0 Å². The van der Waals surface area contributed by atoms with E-state index in [9.17, 15) is 0 Å². The first-order valence-corrected chi connectivity index (χ1v) is 25.0. The van der Waals surface area contributed by atoms with E-state index in [1.54, 1.807) is 0 Å². The molecule has 8 nitrogen and oxygen atoms in total. The van der Waals surface area contributed by atoms with E-state index >= 15 is 0 Å². The second-order valence-electron chi connectivity index (χ2n) is 29.4. The first-order valence-electron chi connectivity index (χ1n) is 25.0. The maximum atomic E-state index is 7.05. The van der Waals surface area contributed by atoms with Gasteiger partial charge in [-0.15, -0.1) is 0 Å². The molecular weight excluding hydrogens is 757 g/mol. The van der Waals surface area contributed by atoms with Crippen molar-refractivity contribution in [1.82, 2.24) is 21.3 Å². The summed E-state index contributed by atoms with van der Waals surface area (Å²) >= 11 is 0. The molecule has 6 aliphatic rings. The fourth-order valence-corrected chi connectivity index (χ4v) is 16.1. The van der Waals surface area contributed by atoms with Gasteiger partial charge < -0.3 is 40.2 Å². The minimum absolute atomic E-state index is 0.0382. The van der Waals surface area contributed by atoms with Gasteiger partial charge >= 0.3 is 0 Å². The van der Waals surface area contributed by atoms with Crippen molar-refractivity contribution in [2.75, 3.05) is 26.4 Å². The Labute approximate surface area is 376 Å². The van der Waals surface area contributed by atoms with E-state index < -0.39 is 0 Å². The molecule has 0 aromatic rings. The van der Waals surface area contributed by atoms with Gasteiger partial charge in [0.25, 0.3) is 0 Å². The lowest BCUT2D eigenvalue weighted by Crippen LogP contribution is -2.68. The van der Waals surface area contributed by atoms with E-state index in [-0.39, 0.29) is 78.6 Å². The smallest absolute Gasteiger partial charge is 0.162 e. The molecule has 0 amide bonds. The molecule has 0 bridgehead atoms. The van der Waals surface area contributed by atoms with Crippen LogP contribution in [0.15, 0.2) is 0 Å². The van der Waals surface area contributed by atoms with Crippen LogP contribution in [0.2, 0.25) is 0 Å². The molecule has 0 aromatic carbocycles. The lowest BCUT2D eigenvalue weighted by molar-refractivity contribution is -0.337. The maximum Gasteiger partial charge on any atom is 0.162 e. The van der Waals surface area contributed by atoms with Crippen molar-refractivity contribution < 1.29 is 18.9 Å². The normalized spacial score (nSPS) is 34.6. The van der Waals surface area contributed by atoms with Gasteiger partial charge in [-0.3, -0.25) is 0 Å². The highest BCUT2D eigenvalue weighted by atomic mass is 16.7. The average molecular weight is 857 g/mol. The summed E-state index contributed by atoms with van der Waals surface area (Å²) in [6.45, 7) is 51.1. The third kappa shape index (κ3) is 11.8. The van der Waals surface area contributed by atoms with Crippen LogP contribution >= 0.6 is 0 Å². The van der Waals surface area contributed by atoms with Crippen LogP contribution in [-0.4, -0.2) is 83.3 Å². The van der Waals surface area contributed by atoms with E-state index in [2.05, 4.69) is 160 Å². The molecular formula is C53H100N4O4. The Hall–Kier alpha value is -0.320. The molecule has 6 rings (SSSR count).